The molecule has 0 spiro atoms. The molecule has 0 fully saturated rings. The van der Waals surface area contributed by atoms with Crippen molar-refractivity contribution in [1.29, 1.82) is 0 Å². The van der Waals surface area contributed by atoms with Crippen LogP contribution < -0.4 is 10.7 Å². The van der Waals surface area contributed by atoms with Gasteiger partial charge in [0, 0.05) is 12.1 Å². The number of carbonyl (C=O) groups excluding carboxylic acids is 2. The first-order valence-corrected chi connectivity index (χ1v) is 7.52. The van der Waals surface area contributed by atoms with Crippen LogP contribution in [0.4, 0.5) is 4.39 Å². The van der Waals surface area contributed by atoms with Gasteiger partial charge in [0.25, 0.3) is 0 Å². The van der Waals surface area contributed by atoms with Gasteiger partial charge in [-0.2, -0.15) is 5.10 Å². The van der Waals surface area contributed by atoms with Gasteiger partial charge in [0.1, 0.15) is 12.2 Å². The SMILES string of the molecule is O=C(CC(=O)N/N=C\c1ccccc1F)NCCc1ccccc1. The number of rotatable bonds is 7. The fourth-order valence-corrected chi connectivity index (χ4v) is 1.99. The van der Waals surface area contributed by atoms with Crippen molar-refractivity contribution in [3.63, 3.8) is 0 Å². The average molecular weight is 327 g/mol. The molecule has 2 rings (SSSR count). The van der Waals surface area contributed by atoms with Crippen LogP contribution in [0.5, 0.6) is 0 Å². The molecule has 2 aromatic carbocycles. The zero-order chi connectivity index (χ0) is 17.2. The lowest BCUT2D eigenvalue weighted by molar-refractivity contribution is -0.129. The van der Waals surface area contributed by atoms with Crippen molar-refractivity contribution in [3.05, 3.63) is 71.5 Å². The van der Waals surface area contributed by atoms with Gasteiger partial charge in [-0.05, 0) is 18.1 Å². The van der Waals surface area contributed by atoms with Crippen molar-refractivity contribution in [2.24, 2.45) is 5.10 Å². The van der Waals surface area contributed by atoms with Crippen LogP contribution in [0.25, 0.3) is 0 Å². The van der Waals surface area contributed by atoms with E-state index in [0.29, 0.717) is 13.0 Å². The molecule has 0 saturated heterocycles. The van der Waals surface area contributed by atoms with Gasteiger partial charge in [0.2, 0.25) is 11.8 Å². The molecule has 0 aromatic heterocycles. The summed E-state index contributed by atoms with van der Waals surface area (Å²) in [5.74, 6) is -1.38. The standard InChI is InChI=1S/C18H18FN3O2/c19-16-9-5-4-8-15(16)13-21-22-18(24)12-17(23)20-11-10-14-6-2-1-3-7-14/h1-9,13H,10-12H2,(H,20,23)(H,22,24)/b21-13-. The second kappa shape index (κ2) is 9.19. The van der Waals surface area contributed by atoms with Crippen molar-refractivity contribution < 1.29 is 14.0 Å². The van der Waals surface area contributed by atoms with Gasteiger partial charge in [-0.1, -0.05) is 48.5 Å². The number of hydrazone groups is 1. The molecular formula is C18H18FN3O2. The van der Waals surface area contributed by atoms with E-state index in [1.165, 1.54) is 18.3 Å². The highest BCUT2D eigenvalue weighted by Crippen LogP contribution is 2.02. The van der Waals surface area contributed by atoms with Crippen LogP contribution >= 0.6 is 0 Å². The Morgan fingerprint density at radius 3 is 2.46 bits per heavy atom. The number of hydrogen-bond acceptors (Lipinski definition) is 3. The second-order valence-corrected chi connectivity index (χ2v) is 5.08. The molecule has 0 radical (unpaired) electrons. The molecule has 2 N–H and O–H groups in total. The Morgan fingerprint density at radius 1 is 1.00 bits per heavy atom. The second-order valence-electron chi connectivity index (χ2n) is 5.08. The van der Waals surface area contributed by atoms with E-state index in [2.05, 4.69) is 15.8 Å². The van der Waals surface area contributed by atoms with Gasteiger partial charge in [0.15, 0.2) is 0 Å². The van der Waals surface area contributed by atoms with E-state index < -0.39 is 11.7 Å². The van der Waals surface area contributed by atoms with E-state index in [9.17, 15) is 14.0 Å². The molecule has 5 nitrogen and oxygen atoms in total. The minimum absolute atomic E-state index is 0.255. The van der Waals surface area contributed by atoms with Gasteiger partial charge >= 0.3 is 0 Å². The van der Waals surface area contributed by atoms with E-state index in [1.54, 1.807) is 12.1 Å². The highest BCUT2D eigenvalue weighted by atomic mass is 19.1. The van der Waals surface area contributed by atoms with Crippen molar-refractivity contribution in [2.75, 3.05) is 6.54 Å². The molecule has 0 aliphatic carbocycles. The average Bonchev–Trinajstić information content (AvgIpc) is 2.57. The van der Waals surface area contributed by atoms with Gasteiger partial charge < -0.3 is 5.32 Å². The third-order valence-electron chi connectivity index (χ3n) is 3.20. The Balaban J connectivity index is 1.68. The molecule has 0 bridgehead atoms. The summed E-state index contributed by atoms with van der Waals surface area (Å²) in [5.41, 5.74) is 3.56. The maximum Gasteiger partial charge on any atom is 0.249 e. The summed E-state index contributed by atoms with van der Waals surface area (Å²) in [7, 11) is 0. The molecule has 0 aliphatic rings. The van der Waals surface area contributed by atoms with Crippen molar-refractivity contribution in [1.82, 2.24) is 10.7 Å². The highest BCUT2D eigenvalue weighted by molar-refractivity contribution is 5.97. The molecule has 0 heterocycles. The fourth-order valence-electron chi connectivity index (χ4n) is 1.99. The summed E-state index contributed by atoms with van der Waals surface area (Å²) >= 11 is 0. The predicted octanol–water partition coefficient (Wildman–Crippen LogP) is 2.02. The topological polar surface area (TPSA) is 70.6 Å². The highest BCUT2D eigenvalue weighted by Gasteiger charge is 2.08. The van der Waals surface area contributed by atoms with Crippen LogP contribution in [0.2, 0.25) is 0 Å². The summed E-state index contributed by atoms with van der Waals surface area (Å²) < 4.78 is 13.3. The van der Waals surface area contributed by atoms with Crippen LogP contribution in [0.15, 0.2) is 59.7 Å². The van der Waals surface area contributed by atoms with Gasteiger partial charge in [-0.15, -0.1) is 0 Å². The van der Waals surface area contributed by atoms with Crippen molar-refractivity contribution in [3.8, 4) is 0 Å². The maximum atomic E-state index is 13.3. The summed E-state index contributed by atoms with van der Waals surface area (Å²) in [5, 5.41) is 6.31. The number of nitrogens with one attached hydrogen (secondary N) is 2. The molecule has 0 saturated carbocycles. The van der Waals surface area contributed by atoms with E-state index in [0.717, 1.165) is 5.56 Å². The number of hydrogen-bond donors (Lipinski definition) is 2. The fraction of sp³-hybridized carbons (Fsp3) is 0.167. The van der Waals surface area contributed by atoms with Crippen LogP contribution in [0, 0.1) is 5.82 Å². The number of nitrogens with zero attached hydrogens (tertiary/aromatic N) is 1. The van der Waals surface area contributed by atoms with Crippen molar-refractivity contribution in [2.45, 2.75) is 12.8 Å². The first-order valence-electron chi connectivity index (χ1n) is 7.52. The zero-order valence-corrected chi connectivity index (χ0v) is 13.0. The number of amides is 2. The third kappa shape index (κ3) is 6.00. The Hall–Kier alpha value is -3.02. The summed E-state index contributed by atoms with van der Waals surface area (Å²) in [6.07, 6.45) is 1.56. The van der Waals surface area contributed by atoms with E-state index in [-0.39, 0.29) is 17.9 Å². The molecule has 2 amide bonds. The zero-order valence-electron chi connectivity index (χ0n) is 13.0. The molecule has 24 heavy (non-hydrogen) atoms. The lowest BCUT2D eigenvalue weighted by atomic mass is 10.1. The molecule has 2 aromatic rings. The first kappa shape index (κ1) is 17.3. The molecular weight excluding hydrogens is 309 g/mol. The monoisotopic (exact) mass is 327 g/mol. The van der Waals surface area contributed by atoms with E-state index in [1.807, 2.05) is 30.3 Å². The van der Waals surface area contributed by atoms with Crippen LogP contribution in [-0.2, 0) is 16.0 Å². The lowest BCUT2D eigenvalue weighted by Gasteiger charge is -2.04. The third-order valence-corrected chi connectivity index (χ3v) is 3.20. The molecule has 0 aliphatic heterocycles. The van der Waals surface area contributed by atoms with E-state index in [4.69, 9.17) is 0 Å². The largest absolute Gasteiger partial charge is 0.355 e. The van der Waals surface area contributed by atoms with Gasteiger partial charge in [0.05, 0.1) is 6.21 Å². The normalized spacial score (nSPS) is 10.5. The Labute approximate surface area is 139 Å². The number of halogens is 1. The molecule has 0 atom stereocenters. The molecule has 0 unspecified atom stereocenters. The molecule has 6 heteroatoms. The maximum absolute atomic E-state index is 13.3. The van der Waals surface area contributed by atoms with Crippen LogP contribution in [0.1, 0.15) is 17.5 Å². The van der Waals surface area contributed by atoms with Gasteiger partial charge in [-0.25, -0.2) is 9.82 Å². The quantitative estimate of drug-likeness (QED) is 0.464. The minimum Gasteiger partial charge on any atom is -0.355 e. The Bertz CT molecular complexity index is 717. The Morgan fingerprint density at radius 2 is 1.71 bits per heavy atom. The van der Waals surface area contributed by atoms with E-state index >= 15 is 0 Å². The summed E-state index contributed by atoms with van der Waals surface area (Å²) in [4.78, 5) is 23.2. The van der Waals surface area contributed by atoms with Gasteiger partial charge in [-0.3, -0.25) is 9.59 Å². The van der Waals surface area contributed by atoms with Crippen LogP contribution in [-0.4, -0.2) is 24.6 Å². The summed E-state index contributed by atoms with van der Waals surface area (Å²) in [6.45, 7) is 0.453. The Kier molecular flexibility index (Phi) is 6.64. The lowest BCUT2D eigenvalue weighted by Crippen LogP contribution is -2.31. The number of carbonyl (C=O) groups is 2. The molecule has 124 valence electrons. The van der Waals surface area contributed by atoms with Crippen LogP contribution in [0.3, 0.4) is 0 Å². The smallest absolute Gasteiger partial charge is 0.249 e. The van der Waals surface area contributed by atoms with Crippen molar-refractivity contribution >= 4 is 18.0 Å². The first-order chi connectivity index (χ1) is 11.6. The number of benzene rings is 2. The minimum atomic E-state index is -0.556. The summed E-state index contributed by atoms with van der Waals surface area (Å²) in [6, 6.07) is 15.8. The predicted molar refractivity (Wildman–Crippen MR) is 89.9 cm³/mol.